The molecule has 202 valence electrons. The third-order valence-electron chi connectivity index (χ3n) is 7.31. The van der Waals surface area contributed by atoms with Crippen molar-refractivity contribution in [2.24, 2.45) is 0 Å². The van der Waals surface area contributed by atoms with Crippen LogP contribution < -0.4 is 25.7 Å². The number of hydrogen-bond donors (Lipinski definition) is 3. The van der Waals surface area contributed by atoms with Gasteiger partial charge >= 0.3 is 5.56 Å². The van der Waals surface area contributed by atoms with Crippen LogP contribution in [0.15, 0.2) is 28.6 Å². The number of ether oxygens (including phenoxy) is 3. The lowest BCUT2D eigenvalue weighted by molar-refractivity contribution is -0.124. The molecule has 1 saturated heterocycles. The van der Waals surface area contributed by atoms with Gasteiger partial charge in [0.1, 0.15) is 12.1 Å². The van der Waals surface area contributed by atoms with Gasteiger partial charge in [0, 0.05) is 18.3 Å². The Morgan fingerprint density at radius 1 is 1.24 bits per heavy atom. The Balaban J connectivity index is 1.46. The van der Waals surface area contributed by atoms with E-state index in [1.165, 1.54) is 18.8 Å². The first kappa shape index (κ1) is 25.7. The predicted octanol–water partition coefficient (Wildman–Crippen LogP) is 0.923. The van der Waals surface area contributed by atoms with Gasteiger partial charge in [-0.3, -0.25) is 23.9 Å². The van der Waals surface area contributed by atoms with E-state index in [2.05, 4.69) is 15.6 Å². The summed E-state index contributed by atoms with van der Waals surface area (Å²) in [6.45, 7) is 0.0373. The first-order valence-corrected chi connectivity index (χ1v) is 12.4. The summed E-state index contributed by atoms with van der Waals surface area (Å²) < 4.78 is 17.5. The van der Waals surface area contributed by atoms with E-state index < -0.39 is 34.6 Å². The van der Waals surface area contributed by atoms with E-state index in [-0.39, 0.29) is 24.5 Å². The summed E-state index contributed by atoms with van der Waals surface area (Å²) >= 11 is 0. The van der Waals surface area contributed by atoms with E-state index >= 15 is 0 Å². The number of epoxide rings is 1. The Kier molecular flexibility index (Phi) is 6.61. The van der Waals surface area contributed by atoms with Crippen molar-refractivity contribution in [3.05, 3.63) is 51.2 Å². The maximum absolute atomic E-state index is 13.3. The van der Waals surface area contributed by atoms with Crippen LogP contribution in [0.5, 0.6) is 17.2 Å². The third-order valence-corrected chi connectivity index (χ3v) is 7.31. The van der Waals surface area contributed by atoms with Crippen molar-refractivity contribution in [2.75, 3.05) is 28.3 Å². The average molecular weight is 526 g/mol. The van der Waals surface area contributed by atoms with Crippen molar-refractivity contribution < 1.29 is 28.9 Å². The number of hydrogen-bond acceptors (Lipinski definition) is 9. The molecule has 0 spiro atoms. The summed E-state index contributed by atoms with van der Waals surface area (Å²) in [5.74, 6) is -0.633. The number of aromatic nitrogens is 2. The number of likely N-dealkylation sites (N-methyl/N-ethyl adjacent to an activating group) is 1. The summed E-state index contributed by atoms with van der Waals surface area (Å²) in [5, 5.41) is 16.5. The van der Waals surface area contributed by atoms with Crippen molar-refractivity contribution in [1.82, 2.24) is 25.1 Å². The Hall–Kier alpha value is -3.90. The number of fused-ring (bicyclic) bond motifs is 2. The highest BCUT2D eigenvalue weighted by Gasteiger charge is 2.51. The zero-order chi connectivity index (χ0) is 27.2. The minimum atomic E-state index is -0.992. The Labute approximate surface area is 219 Å². The molecule has 1 aliphatic carbocycles. The summed E-state index contributed by atoms with van der Waals surface area (Å²) in [5.41, 5.74) is -0.526. The maximum atomic E-state index is 13.3. The molecule has 4 aliphatic rings. The highest BCUT2D eigenvalue weighted by atomic mass is 16.6. The van der Waals surface area contributed by atoms with Gasteiger partial charge in [-0.2, -0.15) is 0 Å². The molecule has 2 aromatic rings. The molecule has 4 heterocycles. The van der Waals surface area contributed by atoms with E-state index in [1.54, 1.807) is 24.4 Å². The smallest absolute Gasteiger partial charge is 0.300 e. The number of carbonyl (C=O) groups is 2. The molecule has 6 rings (SSSR count). The molecule has 1 aromatic heterocycles. The van der Waals surface area contributed by atoms with E-state index in [0.717, 1.165) is 5.57 Å². The van der Waals surface area contributed by atoms with Crippen molar-refractivity contribution in [3.63, 3.8) is 0 Å². The van der Waals surface area contributed by atoms with Crippen molar-refractivity contribution >= 4 is 18.0 Å². The quantitative estimate of drug-likeness (QED) is 0.428. The topological polar surface area (TPSA) is 148 Å². The fourth-order valence-corrected chi connectivity index (χ4v) is 5.20. The zero-order valence-electron chi connectivity index (χ0n) is 21.7. The second kappa shape index (κ2) is 9.76. The van der Waals surface area contributed by atoms with Gasteiger partial charge in [-0.05, 0) is 45.8 Å². The van der Waals surface area contributed by atoms with Crippen LogP contribution in [0.25, 0.3) is 6.20 Å². The van der Waals surface area contributed by atoms with Crippen molar-refractivity contribution in [3.8, 4) is 17.2 Å². The highest BCUT2D eigenvalue weighted by molar-refractivity contribution is 5.94. The monoisotopic (exact) mass is 525 g/mol. The van der Waals surface area contributed by atoms with E-state index in [4.69, 9.17) is 14.2 Å². The summed E-state index contributed by atoms with van der Waals surface area (Å²) in [4.78, 5) is 45.8. The molecular weight excluding hydrogens is 494 g/mol. The number of methoxy groups -OCH3 is 2. The normalized spacial score (nSPS) is 20.7. The molecule has 2 amide bonds. The fraction of sp³-hybridized carbons (Fsp3) is 0.462. The molecule has 12 heteroatoms. The van der Waals surface area contributed by atoms with Gasteiger partial charge in [0.15, 0.2) is 23.3 Å². The number of aromatic hydroxyl groups is 1. The maximum Gasteiger partial charge on any atom is 0.300 e. The minimum Gasteiger partial charge on any atom is -0.501 e. The molecule has 12 nitrogen and oxygen atoms in total. The first-order chi connectivity index (χ1) is 18.2. The second-order valence-electron chi connectivity index (χ2n) is 9.91. The number of benzene rings is 1. The lowest BCUT2D eigenvalue weighted by Gasteiger charge is -2.36. The van der Waals surface area contributed by atoms with Crippen LogP contribution in [-0.2, 0) is 21.6 Å². The van der Waals surface area contributed by atoms with Gasteiger partial charge in [0.25, 0.3) is 11.8 Å². The Morgan fingerprint density at radius 2 is 1.97 bits per heavy atom. The fourth-order valence-electron chi connectivity index (χ4n) is 5.20. The van der Waals surface area contributed by atoms with Crippen LogP contribution in [-0.4, -0.2) is 72.0 Å². The van der Waals surface area contributed by atoms with Gasteiger partial charge in [0.05, 0.1) is 19.8 Å². The number of nitrogens with one attached hydrogen (secondary N) is 2. The van der Waals surface area contributed by atoms with E-state index in [1.807, 2.05) is 19.0 Å². The Bertz CT molecular complexity index is 1370. The number of amides is 2. The molecular formula is C26H31N5O7. The van der Waals surface area contributed by atoms with E-state index in [0.29, 0.717) is 42.7 Å². The second-order valence-corrected chi connectivity index (χ2v) is 9.91. The summed E-state index contributed by atoms with van der Waals surface area (Å²) in [6.07, 6.45) is 3.00. The lowest BCUT2D eigenvalue weighted by Crippen LogP contribution is -2.51. The number of rotatable bonds is 8. The van der Waals surface area contributed by atoms with Gasteiger partial charge < -0.3 is 30.0 Å². The van der Waals surface area contributed by atoms with Crippen LogP contribution in [0, 0.1) is 0 Å². The number of nitrogens with zero attached hydrogens (tertiary/aromatic N) is 3. The van der Waals surface area contributed by atoms with Crippen LogP contribution in [0.3, 0.4) is 0 Å². The molecule has 3 N–H and O–H groups in total. The van der Waals surface area contributed by atoms with Crippen LogP contribution in [0.2, 0.25) is 0 Å². The number of para-hydroxylation sites is 1. The molecule has 2 unspecified atom stereocenters. The summed E-state index contributed by atoms with van der Waals surface area (Å²) in [6, 6.07) is 5.25. The molecule has 2 fully saturated rings. The standard InChI is InChI=1S/C26H31N5O7/c1-30(2)24-20(38-24)22(34)29-26-10-8-14(9-11-26)13-31-23(35)18(32)17(28-25(26)31)21(33)27-12-15-6-5-7-16(36-3)19(15)37-4/h5-7,13,20,24,32H,8-12H2,1-4H3,(H,27,33)(H,29,34). The minimum absolute atomic E-state index is 0.0373. The van der Waals surface area contributed by atoms with Crippen LogP contribution in [0.1, 0.15) is 47.6 Å². The third kappa shape index (κ3) is 4.39. The first-order valence-electron chi connectivity index (χ1n) is 12.4. The van der Waals surface area contributed by atoms with Gasteiger partial charge in [-0.1, -0.05) is 17.7 Å². The molecule has 0 radical (unpaired) electrons. The lowest BCUT2D eigenvalue weighted by atomic mass is 9.79. The number of allylic oxidation sites excluding steroid dienone is 1. The van der Waals surface area contributed by atoms with Crippen molar-refractivity contribution in [1.29, 1.82) is 0 Å². The molecule has 3 aliphatic heterocycles. The summed E-state index contributed by atoms with van der Waals surface area (Å²) in [7, 11) is 6.65. The largest absolute Gasteiger partial charge is 0.501 e. The van der Waals surface area contributed by atoms with Crippen LogP contribution in [0.4, 0.5) is 0 Å². The molecule has 2 bridgehead atoms. The molecule has 38 heavy (non-hydrogen) atoms. The zero-order valence-corrected chi connectivity index (χ0v) is 21.7. The van der Waals surface area contributed by atoms with Gasteiger partial charge in [0.2, 0.25) is 5.75 Å². The highest BCUT2D eigenvalue weighted by Crippen LogP contribution is 2.42. The van der Waals surface area contributed by atoms with Crippen molar-refractivity contribution in [2.45, 2.75) is 50.1 Å². The predicted molar refractivity (Wildman–Crippen MR) is 136 cm³/mol. The SMILES string of the molecule is COc1cccc(CNC(=O)c2nc3n(c(=O)c2O)C=C2CCC3(NC(=O)C3OC3N(C)C)CC2)c1OC. The molecule has 2 atom stereocenters. The van der Waals surface area contributed by atoms with E-state index in [9.17, 15) is 19.5 Å². The van der Waals surface area contributed by atoms with Gasteiger partial charge in [-0.25, -0.2) is 4.98 Å². The molecule has 1 aromatic carbocycles. The molecule has 1 saturated carbocycles. The average Bonchev–Trinajstić information content (AvgIpc) is 3.74. The van der Waals surface area contributed by atoms with Crippen LogP contribution >= 0.6 is 0 Å². The number of carbonyl (C=O) groups excluding carboxylic acids is 2. The van der Waals surface area contributed by atoms with Gasteiger partial charge in [-0.15, -0.1) is 0 Å². The Morgan fingerprint density at radius 3 is 2.61 bits per heavy atom.